The summed E-state index contributed by atoms with van der Waals surface area (Å²) in [6.07, 6.45) is -4.64. The lowest BCUT2D eigenvalue weighted by molar-refractivity contribution is -0.137. The highest BCUT2D eigenvalue weighted by atomic mass is 19.4. The first kappa shape index (κ1) is 41.0. The number of fused-ring (bicyclic) bond motifs is 6. The molecule has 6 aromatic carbocycles. The molecule has 306 valence electrons. The lowest BCUT2D eigenvalue weighted by atomic mass is 9.86. The Bertz CT molecular complexity index is 2920. The predicted molar refractivity (Wildman–Crippen MR) is 245 cm³/mol. The van der Waals surface area contributed by atoms with Gasteiger partial charge in [-0.05, 0) is 91.9 Å². The lowest BCUT2D eigenvalue weighted by Crippen LogP contribution is -2.13. The zero-order valence-corrected chi connectivity index (χ0v) is 36.9. The van der Waals surface area contributed by atoms with Gasteiger partial charge in [0.05, 0.1) is 50.6 Å². The molecule has 0 N–H and O–H groups in total. The number of halogens is 3. The van der Waals surface area contributed by atoms with Crippen LogP contribution in [0.15, 0.2) is 109 Å². The van der Waals surface area contributed by atoms with Crippen molar-refractivity contribution < 1.29 is 13.2 Å². The van der Waals surface area contributed by atoms with Gasteiger partial charge in [-0.25, -0.2) is 0 Å². The lowest BCUT2D eigenvalue weighted by Gasteiger charge is -2.24. The maximum atomic E-state index is 14.9. The minimum atomic E-state index is -4.64. The summed E-state index contributed by atoms with van der Waals surface area (Å²) in [6, 6.07) is 38.1. The molecule has 8 rings (SSSR count). The molecule has 0 bridgehead atoms. The average molecular weight is 802 g/mol. The molecule has 3 nitrogen and oxygen atoms in total. The summed E-state index contributed by atoms with van der Waals surface area (Å²) < 4.78 is 49.2. The van der Waals surface area contributed by atoms with Crippen LogP contribution in [0.1, 0.15) is 116 Å². The van der Waals surface area contributed by atoms with E-state index in [0.717, 1.165) is 71.9 Å². The largest absolute Gasteiger partial charge is 0.417 e. The van der Waals surface area contributed by atoms with Gasteiger partial charge in [-0.3, -0.25) is 0 Å². The molecule has 2 heterocycles. The van der Waals surface area contributed by atoms with Crippen molar-refractivity contribution in [2.45, 2.75) is 111 Å². The number of rotatable bonds is 3. The highest BCUT2D eigenvalue weighted by Crippen LogP contribution is 2.45. The van der Waals surface area contributed by atoms with Gasteiger partial charge >= 0.3 is 6.18 Å². The molecule has 0 unspecified atom stereocenters. The van der Waals surface area contributed by atoms with E-state index in [1.807, 2.05) is 12.1 Å². The third-order valence-corrected chi connectivity index (χ3v) is 12.2. The zero-order chi connectivity index (χ0) is 43.5. The Balaban J connectivity index is 1.65. The summed E-state index contributed by atoms with van der Waals surface area (Å²) in [5, 5.41) is 15.2. The molecule has 0 radical (unpaired) electrons. The topological polar surface area (TPSA) is 33.6 Å². The third-order valence-electron chi connectivity index (χ3n) is 12.2. The average Bonchev–Trinajstić information content (AvgIpc) is 3.67. The van der Waals surface area contributed by atoms with Gasteiger partial charge in [0.1, 0.15) is 0 Å². The van der Waals surface area contributed by atoms with Crippen LogP contribution in [0.5, 0.6) is 0 Å². The summed E-state index contributed by atoms with van der Waals surface area (Å²) in [5.41, 5.74) is 8.61. The highest BCUT2D eigenvalue weighted by molar-refractivity contribution is 6.12. The van der Waals surface area contributed by atoms with E-state index in [1.165, 1.54) is 12.1 Å². The Labute approximate surface area is 352 Å². The molecule has 6 heteroatoms. The molecule has 60 heavy (non-hydrogen) atoms. The van der Waals surface area contributed by atoms with Gasteiger partial charge in [0.2, 0.25) is 0 Å². The van der Waals surface area contributed by atoms with Crippen molar-refractivity contribution in [3.63, 3.8) is 0 Å². The Morgan fingerprint density at radius 2 is 0.750 bits per heavy atom. The van der Waals surface area contributed by atoms with Crippen LogP contribution in [-0.2, 0) is 27.8 Å². The van der Waals surface area contributed by atoms with Crippen LogP contribution in [-0.4, -0.2) is 9.13 Å². The van der Waals surface area contributed by atoms with Gasteiger partial charge in [0.15, 0.2) is 0 Å². The van der Waals surface area contributed by atoms with Gasteiger partial charge < -0.3 is 9.13 Å². The second-order valence-electron chi connectivity index (χ2n) is 20.6. The fraction of sp³-hybridized carbons (Fsp3) is 0.315. The fourth-order valence-corrected chi connectivity index (χ4v) is 8.64. The monoisotopic (exact) mass is 801 g/mol. The first-order chi connectivity index (χ1) is 27.9. The number of hydrogen-bond acceptors (Lipinski definition) is 1. The Hall–Kier alpha value is -5.80. The van der Waals surface area contributed by atoms with Crippen LogP contribution in [0.3, 0.4) is 0 Å². The van der Waals surface area contributed by atoms with E-state index >= 15 is 0 Å². The molecule has 8 aromatic rings. The quantitative estimate of drug-likeness (QED) is 0.175. The highest BCUT2D eigenvalue weighted by Gasteiger charge is 2.35. The Kier molecular flexibility index (Phi) is 9.29. The number of nitrogens with zero attached hydrogens (tertiary/aromatic N) is 3. The normalized spacial score (nSPS) is 13.2. The van der Waals surface area contributed by atoms with E-state index in [1.54, 1.807) is 6.07 Å². The molecule has 0 aliphatic carbocycles. The summed E-state index contributed by atoms with van der Waals surface area (Å²) in [6.45, 7) is 26.3. The number of aromatic nitrogens is 2. The maximum absolute atomic E-state index is 14.9. The van der Waals surface area contributed by atoms with E-state index in [2.05, 4.69) is 171 Å². The van der Waals surface area contributed by atoms with E-state index in [9.17, 15) is 18.4 Å². The zero-order valence-electron chi connectivity index (χ0n) is 36.9. The van der Waals surface area contributed by atoms with Crippen LogP contribution in [0.2, 0.25) is 0 Å². The third kappa shape index (κ3) is 6.86. The molecule has 0 aliphatic rings. The van der Waals surface area contributed by atoms with Crippen LogP contribution in [0.4, 0.5) is 13.2 Å². The Morgan fingerprint density at radius 3 is 1.07 bits per heavy atom. The number of alkyl halides is 3. The maximum Gasteiger partial charge on any atom is 0.417 e. The smallest absolute Gasteiger partial charge is 0.307 e. The fourth-order valence-electron chi connectivity index (χ4n) is 8.64. The van der Waals surface area contributed by atoms with Crippen LogP contribution in [0.25, 0.3) is 66.1 Å². The first-order valence-electron chi connectivity index (χ1n) is 20.8. The van der Waals surface area contributed by atoms with E-state index in [-0.39, 0.29) is 38.4 Å². The summed E-state index contributed by atoms with van der Waals surface area (Å²) in [7, 11) is 0. The number of nitriles is 1. The molecule has 0 fully saturated rings. The summed E-state index contributed by atoms with van der Waals surface area (Å²) in [5.74, 6) is 0. The Morgan fingerprint density at radius 1 is 0.417 bits per heavy atom. The molecule has 0 saturated heterocycles. The van der Waals surface area contributed by atoms with Crippen molar-refractivity contribution >= 4 is 43.6 Å². The standard InChI is InChI=1S/C54H54F3N3/c1-50(2,3)33-17-21-38-39-22-18-34(51(4,5)6)27-45(39)59(44(38)26-33)48-25-32(31-58)42(37-15-13-14-16-43(37)54(55,56)57)30-49(48)60-46-28-35(52(7,8)9)19-23-40(46)41-24-20-36(29-47(41)60)53(10,11)12/h13-30H,1-12H3. The van der Waals surface area contributed by atoms with Gasteiger partial charge in [-0.1, -0.05) is 150 Å². The minimum absolute atomic E-state index is 0.0341. The minimum Gasteiger partial charge on any atom is -0.307 e. The van der Waals surface area contributed by atoms with Crippen molar-refractivity contribution in [1.82, 2.24) is 9.13 Å². The van der Waals surface area contributed by atoms with E-state index in [4.69, 9.17) is 0 Å². The van der Waals surface area contributed by atoms with Crippen molar-refractivity contribution in [2.24, 2.45) is 0 Å². The predicted octanol–water partition coefficient (Wildman–Crippen LogP) is 15.6. The summed E-state index contributed by atoms with van der Waals surface area (Å²) in [4.78, 5) is 0. The molecular formula is C54H54F3N3. The van der Waals surface area contributed by atoms with Crippen LogP contribution >= 0.6 is 0 Å². The molecule has 2 aromatic heterocycles. The SMILES string of the molecule is CC(C)(C)c1ccc2c3ccc(C(C)(C)C)cc3n(-c3cc(C#N)c(-c4ccccc4C(F)(F)F)cc3-n3c4cc(C(C)(C)C)ccc4c4ccc(C(C)(C)C)cc43)c2c1. The van der Waals surface area contributed by atoms with Crippen molar-refractivity contribution in [3.05, 3.63) is 143 Å². The molecule has 0 spiro atoms. The molecule has 0 amide bonds. The van der Waals surface area contributed by atoms with Gasteiger partial charge in [-0.2, -0.15) is 18.4 Å². The van der Waals surface area contributed by atoms with Crippen LogP contribution < -0.4 is 0 Å². The molecule has 0 aliphatic heterocycles. The van der Waals surface area contributed by atoms with Gasteiger partial charge in [0, 0.05) is 27.1 Å². The van der Waals surface area contributed by atoms with Gasteiger partial charge in [0.25, 0.3) is 0 Å². The molecular weight excluding hydrogens is 748 g/mol. The number of benzene rings is 6. The van der Waals surface area contributed by atoms with Crippen molar-refractivity contribution in [2.75, 3.05) is 0 Å². The molecule has 0 saturated carbocycles. The van der Waals surface area contributed by atoms with E-state index < -0.39 is 11.7 Å². The second-order valence-corrected chi connectivity index (χ2v) is 20.6. The number of hydrogen-bond donors (Lipinski definition) is 0. The van der Waals surface area contributed by atoms with Crippen LogP contribution in [0, 0.1) is 11.3 Å². The van der Waals surface area contributed by atoms with Crippen molar-refractivity contribution in [1.29, 1.82) is 5.26 Å². The first-order valence-corrected chi connectivity index (χ1v) is 20.8. The van der Waals surface area contributed by atoms with E-state index in [0.29, 0.717) is 11.4 Å². The molecule has 0 atom stereocenters. The second kappa shape index (κ2) is 13.6. The summed E-state index contributed by atoms with van der Waals surface area (Å²) >= 11 is 0. The van der Waals surface area contributed by atoms with Gasteiger partial charge in [-0.15, -0.1) is 0 Å². The van der Waals surface area contributed by atoms with Crippen molar-refractivity contribution in [3.8, 4) is 28.6 Å².